The first-order valence-electron chi connectivity index (χ1n) is 3.86. The van der Waals surface area contributed by atoms with Gasteiger partial charge in [0, 0.05) is 12.4 Å². The summed E-state index contributed by atoms with van der Waals surface area (Å²) in [5.74, 6) is -0.192. The van der Waals surface area contributed by atoms with Crippen molar-refractivity contribution in [2.24, 2.45) is 0 Å². The Bertz CT molecular complexity index is 448. The smallest absolute Gasteiger partial charge is 0.269 e. The molecule has 0 aromatic carbocycles. The molecule has 0 unspecified atom stereocenters. The summed E-state index contributed by atoms with van der Waals surface area (Å²) in [6, 6.07) is 3.49. The molecule has 0 radical (unpaired) electrons. The fourth-order valence-electron chi connectivity index (χ4n) is 1.12. The van der Waals surface area contributed by atoms with E-state index in [0.717, 1.165) is 5.39 Å². The Morgan fingerprint density at radius 1 is 1.62 bits per heavy atom. The number of aromatic nitrogens is 1. The molecular formula is C9H8N2O2. The summed E-state index contributed by atoms with van der Waals surface area (Å²) in [4.78, 5) is 15.1. The molecule has 2 heterocycles. The molecule has 0 aliphatic carbocycles. The highest BCUT2D eigenvalue weighted by Gasteiger charge is 2.06. The van der Waals surface area contributed by atoms with Crippen molar-refractivity contribution >= 4 is 16.9 Å². The Morgan fingerprint density at radius 2 is 2.46 bits per heavy atom. The summed E-state index contributed by atoms with van der Waals surface area (Å²) in [5.41, 5.74) is 1.09. The molecule has 0 atom stereocenters. The Hall–Kier alpha value is -1.84. The third-order valence-electron chi connectivity index (χ3n) is 1.80. The monoisotopic (exact) mass is 176 g/mol. The highest BCUT2D eigenvalue weighted by molar-refractivity contribution is 5.95. The van der Waals surface area contributed by atoms with Crippen LogP contribution in [0.4, 0.5) is 0 Å². The summed E-state index contributed by atoms with van der Waals surface area (Å²) >= 11 is 0. The fraction of sp³-hybridized carbons (Fsp3) is 0.111. The molecule has 0 saturated carbocycles. The first kappa shape index (κ1) is 7.79. The second kappa shape index (κ2) is 2.90. The SMILES string of the molecule is CNC(=O)c1cc2ccoc2cn1. The standard InChI is InChI=1S/C9H8N2O2/c1-10-9(12)7-4-6-2-3-13-8(6)5-11-7/h2-5H,1H3,(H,10,12). The normalized spacial score (nSPS) is 10.2. The van der Waals surface area contributed by atoms with Crippen molar-refractivity contribution in [1.82, 2.24) is 10.3 Å². The largest absolute Gasteiger partial charge is 0.463 e. The van der Waals surface area contributed by atoms with Crippen LogP contribution in [0.5, 0.6) is 0 Å². The van der Waals surface area contributed by atoms with Gasteiger partial charge in [0.2, 0.25) is 0 Å². The first-order chi connectivity index (χ1) is 6.31. The van der Waals surface area contributed by atoms with E-state index in [9.17, 15) is 4.79 Å². The molecule has 0 fully saturated rings. The molecule has 1 amide bonds. The second-order valence-electron chi connectivity index (χ2n) is 2.61. The van der Waals surface area contributed by atoms with Gasteiger partial charge < -0.3 is 9.73 Å². The summed E-state index contributed by atoms with van der Waals surface area (Å²) < 4.78 is 5.09. The number of nitrogens with zero attached hydrogens (tertiary/aromatic N) is 1. The molecule has 13 heavy (non-hydrogen) atoms. The van der Waals surface area contributed by atoms with E-state index in [0.29, 0.717) is 11.3 Å². The molecule has 0 aliphatic heterocycles. The number of hydrogen-bond acceptors (Lipinski definition) is 3. The van der Waals surface area contributed by atoms with Crippen molar-refractivity contribution in [3.8, 4) is 0 Å². The maximum Gasteiger partial charge on any atom is 0.269 e. The molecule has 0 spiro atoms. The van der Waals surface area contributed by atoms with Crippen molar-refractivity contribution in [2.75, 3.05) is 7.05 Å². The molecule has 0 saturated heterocycles. The van der Waals surface area contributed by atoms with Crippen LogP contribution in [0, 0.1) is 0 Å². The lowest BCUT2D eigenvalue weighted by atomic mass is 10.2. The van der Waals surface area contributed by atoms with Crippen molar-refractivity contribution in [2.45, 2.75) is 0 Å². The Morgan fingerprint density at radius 3 is 3.23 bits per heavy atom. The van der Waals surface area contributed by atoms with Crippen molar-refractivity contribution < 1.29 is 9.21 Å². The van der Waals surface area contributed by atoms with Gasteiger partial charge >= 0.3 is 0 Å². The Kier molecular flexibility index (Phi) is 1.73. The third-order valence-corrected chi connectivity index (χ3v) is 1.80. The molecule has 2 rings (SSSR count). The topological polar surface area (TPSA) is 55.1 Å². The van der Waals surface area contributed by atoms with Gasteiger partial charge in [-0.05, 0) is 12.1 Å². The van der Waals surface area contributed by atoms with Gasteiger partial charge in [0.15, 0.2) is 5.58 Å². The molecule has 0 bridgehead atoms. The van der Waals surface area contributed by atoms with E-state index in [1.54, 1.807) is 31.6 Å². The lowest BCUT2D eigenvalue weighted by Gasteiger charge is -1.96. The van der Waals surface area contributed by atoms with E-state index in [2.05, 4.69) is 10.3 Å². The Balaban J connectivity index is 2.54. The highest BCUT2D eigenvalue weighted by Crippen LogP contribution is 2.14. The van der Waals surface area contributed by atoms with E-state index < -0.39 is 0 Å². The molecule has 2 aromatic rings. The van der Waals surface area contributed by atoms with Crippen molar-refractivity contribution in [1.29, 1.82) is 0 Å². The number of carbonyl (C=O) groups excluding carboxylic acids is 1. The van der Waals surface area contributed by atoms with Gasteiger partial charge in [0.05, 0.1) is 12.5 Å². The number of pyridine rings is 1. The highest BCUT2D eigenvalue weighted by atomic mass is 16.3. The van der Waals surface area contributed by atoms with Crippen LogP contribution in [-0.2, 0) is 0 Å². The number of fused-ring (bicyclic) bond motifs is 1. The maximum atomic E-state index is 11.2. The summed E-state index contributed by atoms with van der Waals surface area (Å²) in [6.45, 7) is 0. The van der Waals surface area contributed by atoms with Crippen molar-refractivity contribution in [3.05, 3.63) is 30.3 Å². The van der Waals surface area contributed by atoms with Crippen LogP contribution < -0.4 is 5.32 Å². The number of hydrogen-bond donors (Lipinski definition) is 1. The van der Waals surface area contributed by atoms with Crippen LogP contribution >= 0.6 is 0 Å². The van der Waals surface area contributed by atoms with Gasteiger partial charge in [-0.25, -0.2) is 4.98 Å². The molecule has 2 aromatic heterocycles. The number of furan rings is 1. The summed E-state index contributed by atoms with van der Waals surface area (Å²) in [5, 5.41) is 3.39. The minimum atomic E-state index is -0.192. The van der Waals surface area contributed by atoms with Crippen LogP contribution in [0.15, 0.2) is 29.0 Å². The van der Waals surface area contributed by atoms with E-state index >= 15 is 0 Å². The van der Waals surface area contributed by atoms with Crippen LogP contribution in [-0.4, -0.2) is 17.9 Å². The summed E-state index contributed by atoms with van der Waals surface area (Å²) in [6.07, 6.45) is 3.11. The molecule has 1 N–H and O–H groups in total. The zero-order chi connectivity index (χ0) is 9.26. The molecule has 4 nitrogen and oxygen atoms in total. The average molecular weight is 176 g/mol. The van der Waals surface area contributed by atoms with Gasteiger partial charge in [-0.15, -0.1) is 0 Å². The molecular weight excluding hydrogens is 168 g/mol. The van der Waals surface area contributed by atoms with Gasteiger partial charge in [0.1, 0.15) is 5.69 Å². The van der Waals surface area contributed by atoms with Crippen LogP contribution in [0.1, 0.15) is 10.5 Å². The van der Waals surface area contributed by atoms with Crippen LogP contribution in [0.3, 0.4) is 0 Å². The minimum Gasteiger partial charge on any atom is -0.463 e. The van der Waals surface area contributed by atoms with Gasteiger partial charge in [0.25, 0.3) is 5.91 Å². The van der Waals surface area contributed by atoms with E-state index in [4.69, 9.17) is 4.42 Å². The average Bonchev–Trinajstić information content (AvgIpc) is 2.63. The molecule has 66 valence electrons. The van der Waals surface area contributed by atoms with Crippen molar-refractivity contribution in [3.63, 3.8) is 0 Å². The zero-order valence-electron chi connectivity index (χ0n) is 7.07. The number of rotatable bonds is 1. The van der Waals surface area contributed by atoms with Gasteiger partial charge in [-0.2, -0.15) is 0 Å². The van der Waals surface area contributed by atoms with E-state index in [1.165, 1.54) is 0 Å². The molecule has 4 heteroatoms. The lowest BCUT2D eigenvalue weighted by molar-refractivity contribution is 0.0958. The number of nitrogens with one attached hydrogen (secondary N) is 1. The van der Waals surface area contributed by atoms with Crippen LogP contribution in [0.2, 0.25) is 0 Å². The van der Waals surface area contributed by atoms with E-state index in [1.807, 2.05) is 0 Å². The zero-order valence-corrected chi connectivity index (χ0v) is 7.07. The second-order valence-corrected chi connectivity index (χ2v) is 2.61. The summed E-state index contributed by atoms with van der Waals surface area (Å²) in [7, 11) is 1.57. The number of carbonyl (C=O) groups is 1. The maximum absolute atomic E-state index is 11.2. The van der Waals surface area contributed by atoms with E-state index in [-0.39, 0.29) is 5.91 Å². The van der Waals surface area contributed by atoms with Crippen LogP contribution in [0.25, 0.3) is 11.0 Å². The Labute approximate surface area is 74.6 Å². The molecule has 0 aliphatic rings. The quantitative estimate of drug-likeness (QED) is 0.710. The number of amides is 1. The van der Waals surface area contributed by atoms with Gasteiger partial charge in [-0.1, -0.05) is 0 Å². The lowest BCUT2D eigenvalue weighted by Crippen LogP contribution is -2.18. The van der Waals surface area contributed by atoms with Gasteiger partial charge in [-0.3, -0.25) is 4.79 Å². The first-order valence-corrected chi connectivity index (χ1v) is 3.86. The minimum absolute atomic E-state index is 0.192. The predicted octanol–water partition coefficient (Wildman–Crippen LogP) is 1.19. The fourth-order valence-corrected chi connectivity index (χ4v) is 1.12. The third kappa shape index (κ3) is 1.26. The predicted molar refractivity (Wildman–Crippen MR) is 47.4 cm³/mol.